The standard InChI is InChI=1S/C20H42O2/c1-4-6-8-10-12-16-21-18-14-20(3)15-19-22-17-13-11-9-7-5-2/h20H,4-19H2,1-3H3. The summed E-state index contributed by atoms with van der Waals surface area (Å²) in [6.07, 6.45) is 15.6. The number of rotatable bonds is 18. The molecule has 0 unspecified atom stereocenters. The molecule has 0 N–H and O–H groups in total. The van der Waals surface area contributed by atoms with Gasteiger partial charge in [0.05, 0.1) is 0 Å². The largest absolute Gasteiger partial charge is 0.381 e. The first-order chi connectivity index (χ1) is 10.8. The van der Waals surface area contributed by atoms with Crippen LogP contribution in [0.5, 0.6) is 0 Å². The van der Waals surface area contributed by atoms with Gasteiger partial charge in [-0.1, -0.05) is 72.1 Å². The quantitative estimate of drug-likeness (QED) is 0.273. The molecule has 0 aliphatic carbocycles. The van der Waals surface area contributed by atoms with Gasteiger partial charge in [-0.2, -0.15) is 0 Å². The topological polar surface area (TPSA) is 18.5 Å². The molecule has 0 fully saturated rings. The van der Waals surface area contributed by atoms with Crippen molar-refractivity contribution in [2.75, 3.05) is 26.4 Å². The molecule has 0 saturated carbocycles. The number of hydrogen-bond acceptors (Lipinski definition) is 2. The average Bonchev–Trinajstić information content (AvgIpc) is 2.52. The Balaban J connectivity index is 3.11. The fourth-order valence-electron chi connectivity index (χ4n) is 2.53. The van der Waals surface area contributed by atoms with E-state index in [4.69, 9.17) is 9.47 Å². The molecule has 0 aromatic carbocycles. The van der Waals surface area contributed by atoms with E-state index in [9.17, 15) is 0 Å². The predicted octanol–water partition coefficient (Wildman–Crippen LogP) is 6.38. The Morgan fingerprint density at radius 2 is 0.955 bits per heavy atom. The highest BCUT2D eigenvalue weighted by Crippen LogP contribution is 2.09. The van der Waals surface area contributed by atoms with E-state index in [2.05, 4.69) is 20.8 Å². The summed E-state index contributed by atoms with van der Waals surface area (Å²) in [5.74, 6) is 0.722. The molecule has 0 saturated heterocycles. The van der Waals surface area contributed by atoms with Crippen molar-refractivity contribution in [3.05, 3.63) is 0 Å². The SMILES string of the molecule is CCCCCCCOCCC(C)CCOCCCCCCC. The monoisotopic (exact) mass is 314 g/mol. The minimum Gasteiger partial charge on any atom is -0.381 e. The van der Waals surface area contributed by atoms with Crippen LogP contribution in [0.3, 0.4) is 0 Å². The molecule has 2 heteroatoms. The van der Waals surface area contributed by atoms with E-state index in [1.807, 2.05) is 0 Å². The number of ether oxygens (including phenoxy) is 2. The average molecular weight is 315 g/mol. The van der Waals surface area contributed by atoms with Crippen LogP contribution >= 0.6 is 0 Å². The van der Waals surface area contributed by atoms with E-state index in [1.165, 1.54) is 77.0 Å². The van der Waals surface area contributed by atoms with E-state index in [0.717, 1.165) is 32.3 Å². The highest BCUT2D eigenvalue weighted by molar-refractivity contribution is 4.52. The highest BCUT2D eigenvalue weighted by Gasteiger charge is 2.02. The summed E-state index contributed by atoms with van der Waals surface area (Å²) in [4.78, 5) is 0. The molecule has 0 amide bonds. The third kappa shape index (κ3) is 18.0. The van der Waals surface area contributed by atoms with Gasteiger partial charge in [0, 0.05) is 26.4 Å². The Kier molecular flexibility index (Phi) is 18.9. The maximum Gasteiger partial charge on any atom is 0.0468 e. The van der Waals surface area contributed by atoms with Crippen LogP contribution in [-0.4, -0.2) is 26.4 Å². The van der Waals surface area contributed by atoms with Crippen molar-refractivity contribution >= 4 is 0 Å². The first-order valence-electron chi connectivity index (χ1n) is 9.96. The summed E-state index contributed by atoms with van der Waals surface area (Å²) in [5.41, 5.74) is 0. The molecule has 0 aromatic heterocycles. The van der Waals surface area contributed by atoms with Crippen molar-refractivity contribution < 1.29 is 9.47 Å². The van der Waals surface area contributed by atoms with Gasteiger partial charge in [-0.25, -0.2) is 0 Å². The van der Waals surface area contributed by atoms with E-state index >= 15 is 0 Å². The Morgan fingerprint density at radius 3 is 1.36 bits per heavy atom. The van der Waals surface area contributed by atoms with Gasteiger partial charge >= 0.3 is 0 Å². The molecule has 0 radical (unpaired) electrons. The lowest BCUT2D eigenvalue weighted by molar-refractivity contribution is 0.0961. The summed E-state index contributed by atoms with van der Waals surface area (Å²) in [6, 6.07) is 0. The van der Waals surface area contributed by atoms with Crippen molar-refractivity contribution in [2.24, 2.45) is 5.92 Å². The van der Waals surface area contributed by atoms with Crippen LogP contribution in [0.1, 0.15) is 97.8 Å². The summed E-state index contributed by atoms with van der Waals surface area (Å²) in [5, 5.41) is 0. The van der Waals surface area contributed by atoms with Crippen LogP contribution in [0.25, 0.3) is 0 Å². The molecular formula is C20H42O2. The molecule has 0 heterocycles. The normalized spacial score (nSPS) is 11.5. The Hall–Kier alpha value is -0.0800. The van der Waals surface area contributed by atoms with Crippen LogP contribution in [0.4, 0.5) is 0 Å². The fraction of sp³-hybridized carbons (Fsp3) is 1.00. The molecule has 0 bridgehead atoms. The van der Waals surface area contributed by atoms with Crippen LogP contribution in [0, 0.1) is 5.92 Å². The Morgan fingerprint density at radius 1 is 0.545 bits per heavy atom. The lowest BCUT2D eigenvalue weighted by Gasteiger charge is -2.12. The fourth-order valence-corrected chi connectivity index (χ4v) is 2.53. The maximum atomic E-state index is 5.73. The lowest BCUT2D eigenvalue weighted by atomic mass is 10.1. The molecule has 0 rings (SSSR count). The third-order valence-electron chi connectivity index (χ3n) is 4.29. The van der Waals surface area contributed by atoms with Crippen LogP contribution in [-0.2, 0) is 9.47 Å². The summed E-state index contributed by atoms with van der Waals surface area (Å²) < 4.78 is 11.5. The Bertz CT molecular complexity index is 174. The summed E-state index contributed by atoms with van der Waals surface area (Å²) >= 11 is 0. The van der Waals surface area contributed by atoms with Crippen LogP contribution in [0.2, 0.25) is 0 Å². The van der Waals surface area contributed by atoms with Gasteiger partial charge in [0.25, 0.3) is 0 Å². The van der Waals surface area contributed by atoms with Gasteiger partial charge in [0.15, 0.2) is 0 Å². The van der Waals surface area contributed by atoms with Gasteiger partial charge in [-0.3, -0.25) is 0 Å². The molecule has 2 nitrogen and oxygen atoms in total. The van der Waals surface area contributed by atoms with E-state index < -0.39 is 0 Å². The van der Waals surface area contributed by atoms with E-state index in [1.54, 1.807) is 0 Å². The molecule has 0 spiro atoms. The molecule has 0 aliphatic heterocycles. The second-order valence-electron chi connectivity index (χ2n) is 6.74. The second kappa shape index (κ2) is 19.0. The predicted molar refractivity (Wildman–Crippen MR) is 97.6 cm³/mol. The second-order valence-corrected chi connectivity index (χ2v) is 6.74. The molecule has 134 valence electrons. The number of unbranched alkanes of at least 4 members (excludes halogenated alkanes) is 8. The zero-order chi connectivity index (χ0) is 16.3. The summed E-state index contributed by atoms with van der Waals surface area (Å²) in [6.45, 7) is 10.6. The Labute approximate surface area is 140 Å². The third-order valence-corrected chi connectivity index (χ3v) is 4.29. The summed E-state index contributed by atoms with van der Waals surface area (Å²) in [7, 11) is 0. The highest BCUT2D eigenvalue weighted by atomic mass is 16.5. The van der Waals surface area contributed by atoms with Gasteiger partial charge in [0.1, 0.15) is 0 Å². The zero-order valence-electron chi connectivity index (χ0n) is 15.7. The number of hydrogen-bond donors (Lipinski definition) is 0. The van der Waals surface area contributed by atoms with Crippen molar-refractivity contribution in [3.8, 4) is 0 Å². The molecule has 22 heavy (non-hydrogen) atoms. The van der Waals surface area contributed by atoms with Crippen molar-refractivity contribution in [3.63, 3.8) is 0 Å². The minimum atomic E-state index is 0.722. The lowest BCUT2D eigenvalue weighted by Crippen LogP contribution is -2.07. The molecule has 0 aliphatic rings. The van der Waals surface area contributed by atoms with Crippen LogP contribution in [0.15, 0.2) is 0 Å². The molecule has 0 atom stereocenters. The smallest absolute Gasteiger partial charge is 0.0468 e. The van der Waals surface area contributed by atoms with Gasteiger partial charge in [-0.05, 0) is 31.6 Å². The van der Waals surface area contributed by atoms with E-state index in [-0.39, 0.29) is 0 Å². The van der Waals surface area contributed by atoms with E-state index in [0.29, 0.717) is 0 Å². The van der Waals surface area contributed by atoms with Crippen LogP contribution < -0.4 is 0 Å². The zero-order valence-corrected chi connectivity index (χ0v) is 15.7. The first-order valence-corrected chi connectivity index (χ1v) is 9.96. The van der Waals surface area contributed by atoms with Gasteiger partial charge in [0.2, 0.25) is 0 Å². The first kappa shape index (κ1) is 21.9. The van der Waals surface area contributed by atoms with Crippen molar-refractivity contribution in [2.45, 2.75) is 97.8 Å². The minimum absolute atomic E-state index is 0.722. The van der Waals surface area contributed by atoms with Crippen molar-refractivity contribution in [1.82, 2.24) is 0 Å². The van der Waals surface area contributed by atoms with Gasteiger partial charge < -0.3 is 9.47 Å². The van der Waals surface area contributed by atoms with Crippen molar-refractivity contribution in [1.29, 1.82) is 0 Å². The molecule has 0 aromatic rings. The van der Waals surface area contributed by atoms with Gasteiger partial charge in [-0.15, -0.1) is 0 Å². The maximum absolute atomic E-state index is 5.73. The molecular weight excluding hydrogens is 272 g/mol.